The third-order valence-electron chi connectivity index (χ3n) is 7.51. The summed E-state index contributed by atoms with van der Waals surface area (Å²) in [4.78, 5) is 13.5. The van der Waals surface area contributed by atoms with E-state index in [1.165, 1.54) is 26.4 Å². The molecule has 228 valence electrons. The molecule has 8 atom stereocenters. The van der Waals surface area contributed by atoms with Crippen LogP contribution in [0.5, 0.6) is 28.7 Å². The van der Waals surface area contributed by atoms with Gasteiger partial charge in [0, 0.05) is 11.6 Å². The van der Waals surface area contributed by atoms with Gasteiger partial charge in [-0.1, -0.05) is 0 Å². The van der Waals surface area contributed by atoms with Gasteiger partial charge in [0.2, 0.25) is 5.75 Å². The van der Waals surface area contributed by atoms with Crippen LogP contribution in [0.25, 0.3) is 22.3 Å². The minimum absolute atomic E-state index is 0.00498. The largest absolute Gasteiger partial charge is 0.507 e. The molecule has 2 saturated heterocycles. The molecule has 0 aliphatic carbocycles. The van der Waals surface area contributed by atoms with Crippen molar-refractivity contribution in [1.29, 1.82) is 0 Å². The molecular weight excluding hydrogens is 564 g/mol. The van der Waals surface area contributed by atoms with E-state index < -0.39 is 101 Å². The molecule has 5 rings (SSSR count). The number of hydrogen-bond acceptors (Lipinski definition) is 15. The summed E-state index contributed by atoms with van der Waals surface area (Å²) in [5.74, 6) is -2.30. The van der Waals surface area contributed by atoms with Crippen LogP contribution in [0.3, 0.4) is 0 Å². The number of rotatable bonds is 5. The Bertz CT molecular complexity index is 1550. The minimum Gasteiger partial charge on any atom is -0.507 e. The van der Waals surface area contributed by atoms with Gasteiger partial charge in [-0.25, -0.2) is 0 Å². The molecule has 0 saturated carbocycles. The smallest absolute Gasteiger partial charge is 0.203 e. The summed E-state index contributed by atoms with van der Waals surface area (Å²) in [6, 6.07) is 3.53. The van der Waals surface area contributed by atoms with E-state index in [0.717, 1.165) is 6.07 Å². The summed E-state index contributed by atoms with van der Waals surface area (Å²) in [6.07, 6.45) is -13.6. The first kappa shape index (κ1) is 29.8. The first-order valence-corrected chi connectivity index (χ1v) is 12.7. The molecule has 2 aromatic carbocycles. The first-order chi connectivity index (χ1) is 19.9. The van der Waals surface area contributed by atoms with Gasteiger partial charge in [0.15, 0.2) is 22.5 Å². The molecule has 3 heterocycles. The second-order valence-electron chi connectivity index (χ2n) is 10.0. The van der Waals surface area contributed by atoms with Crippen LogP contribution in [0.2, 0.25) is 0 Å². The van der Waals surface area contributed by atoms with Crippen molar-refractivity contribution < 1.29 is 69.3 Å². The van der Waals surface area contributed by atoms with Gasteiger partial charge in [-0.3, -0.25) is 4.79 Å². The molecule has 3 aromatic rings. The fourth-order valence-corrected chi connectivity index (χ4v) is 5.29. The highest BCUT2D eigenvalue weighted by molar-refractivity contribution is 5.92. The van der Waals surface area contributed by atoms with Crippen molar-refractivity contribution in [2.45, 2.75) is 48.8 Å². The molecule has 0 radical (unpaired) electrons. The summed E-state index contributed by atoms with van der Waals surface area (Å²) in [7, 11) is 2.61. The van der Waals surface area contributed by atoms with E-state index in [9.17, 15) is 50.8 Å². The highest BCUT2D eigenvalue weighted by atomic mass is 16.5. The van der Waals surface area contributed by atoms with Crippen LogP contribution in [0.4, 0.5) is 0 Å². The van der Waals surface area contributed by atoms with E-state index in [2.05, 4.69) is 0 Å². The number of aliphatic hydroxyl groups is 6. The van der Waals surface area contributed by atoms with Crippen LogP contribution in [-0.4, -0.2) is 110 Å². The molecule has 9 N–H and O–H groups in total. The normalized spacial score (nSPS) is 29.9. The Labute approximate surface area is 236 Å². The Morgan fingerprint density at radius 2 is 1.31 bits per heavy atom. The highest BCUT2D eigenvalue weighted by Gasteiger charge is 2.46. The van der Waals surface area contributed by atoms with Crippen molar-refractivity contribution in [2.24, 2.45) is 0 Å². The molecule has 2 aliphatic rings. The van der Waals surface area contributed by atoms with Gasteiger partial charge in [0.1, 0.15) is 71.5 Å². The monoisotopic (exact) mass is 594 g/mol. The number of benzene rings is 2. The van der Waals surface area contributed by atoms with Crippen LogP contribution in [0.15, 0.2) is 27.4 Å². The molecule has 2 fully saturated rings. The molecule has 15 nitrogen and oxygen atoms in total. The minimum atomic E-state index is -1.89. The van der Waals surface area contributed by atoms with Crippen molar-refractivity contribution in [3.63, 3.8) is 0 Å². The molecule has 0 bridgehead atoms. The number of phenols is 3. The lowest BCUT2D eigenvalue weighted by Gasteiger charge is -2.38. The third-order valence-corrected chi connectivity index (χ3v) is 7.51. The summed E-state index contributed by atoms with van der Waals surface area (Å²) in [6.45, 7) is -1.03. The Hall–Kier alpha value is -3.67. The van der Waals surface area contributed by atoms with Crippen LogP contribution in [-0.2, 0) is 9.47 Å². The average Bonchev–Trinajstić information content (AvgIpc) is 2.96. The predicted molar refractivity (Wildman–Crippen MR) is 139 cm³/mol. The lowest BCUT2D eigenvalue weighted by molar-refractivity contribution is -0.191. The molecule has 15 heteroatoms. The van der Waals surface area contributed by atoms with E-state index in [1.807, 2.05) is 0 Å². The SMILES string of the molecule is COc1cc(-c2cc(=O)c3c(O)c([C@H]4OC[C@@H](O)[C@H](O)[C@@H]4O)c(O)c([C@H]4OC[C@@H](O)[C@H](O)[C@@H]4O)c3o2)cc(O)c1OC. The van der Waals surface area contributed by atoms with Crippen molar-refractivity contribution in [3.8, 4) is 40.1 Å². The quantitative estimate of drug-likeness (QED) is 0.170. The molecule has 0 amide bonds. The number of methoxy groups -OCH3 is 2. The topological polar surface area (TPSA) is 249 Å². The Balaban J connectivity index is 1.81. The molecular formula is C27H30O15. The molecule has 1 aromatic heterocycles. The number of hydrogen-bond donors (Lipinski definition) is 9. The van der Waals surface area contributed by atoms with Gasteiger partial charge in [-0.05, 0) is 12.1 Å². The second kappa shape index (κ2) is 11.2. The zero-order valence-electron chi connectivity index (χ0n) is 22.2. The fourth-order valence-electron chi connectivity index (χ4n) is 5.29. The Morgan fingerprint density at radius 1 is 0.738 bits per heavy atom. The maximum atomic E-state index is 13.5. The maximum absolute atomic E-state index is 13.5. The lowest BCUT2D eigenvalue weighted by Crippen LogP contribution is -2.49. The van der Waals surface area contributed by atoms with Crippen LogP contribution in [0.1, 0.15) is 23.3 Å². The van der Waals surface area contributed by atoms with E-state index in [0.29, 0.717) is 0 Å². The molecule has 0 unspecified atom stereocenters. The number of phenolic OH excluding ortho intramolecular Hbond substituents is 3. The molecule has 42 heavy (non-hydrogen) atoms. The zero-order valence-corrected chi connectivity index (χ0v) is 22.2. The molecule has 2 aliphatic heterocycles. The highest BCUT2D eigenvalue weighted by Crippen LogP contribution is 2.50. The molecule has 0 spiro atoms. The van der Waals surface area contributed by atoms with Crippen molar-refractivity contribution in [3.05, 3.63) is 39.5 Å². The van der Waals surface area contributed by atoms with Crippen molar-refractivity contribution in [1.82, 2.24) is 0 Å². The zero-order chi connectivity index (χ0) is 30.6. The maximum Gasteiger partial charge on any atom is 0.203 e. The van der Waals surface area contributed by atoms with E-state index in [1.54, 1.807) is 0 Å². The lowest BCUT2D eigenvalue weighted by atomic mass is 9.87. The van der Waals surface area contributed by atoms with E-state index in [-0.39, 0.29) is 28.6 Å². The van der Waals surface area contributed by atoms with Gasteiger partial charge < -0.3 is 69.3 Å². The van der Waals surface area contributed by atoms with Crippen molar-refractivity contribution >= 4 is 11.0 Å². The third kappa shape index (κ3) is 4.69. The number of ether oxygens (including phenoxy) is 4. The summed E-state index contributed by atoms with van der Waals surface area (Å²) in [5.41, 5.74) is -2.35. The number of aliphatic hydroxyl groups excluding tert-OH is 6. The van der Waals surface area contributed by atoms with Crippen molar-refractivity contribution in [2.75, 3.05) is 27.4 Å². The van der Waals surface area contributed by atoms with Gasteiger partial charge in [-0.15, -0.1) is 0 Å². The number of aromatic hydroxyl groups is 3. The van der Waals surface area contributed by atoms with Gasteiger partial charge in [0.05, 0.1) is 38.6 Å². The number of fused-ring (bicyclic) bond motifs is 1. The van der Waals surface area contributed by atoms with Gasteiger partial charge in [-0.2, -0.15) is 0 Å². The standard InChI is InChI=1S/C27H30O15/c1-38-14-4-8(3-10(29)24(14)39-2)13-5-9(28)15-20(34)16(26-22(36)18(32)11(30)6-40-26)21(35)17(25(15)42-13)27-23(37)19(33)12(31)7-41-27/h3-5,11-12,18-19,22-23,26-27,29-37H,6-7H2,1-2H3/t11-,12-,18+,19+,22+,23+,26-,27-/m1/s1. The van der Waals surface area contributed by atoms with E-state index in [4.69, 9.17) is 23.4 Å². The van der Waals surface area contributed by atoms with Crippen LogP contribution >= 0.6 is 0 Å². The van der Waals surface area contributed by atoms with Crippen LogP contribution < -0.4 is 14.9 Å². The predicted octanol–water partition coefficient (Wildman–Crippen LogP) is -1.10. The fraction of sp³-hybridized carbons (Fsp3) is 0.444. The summed E-state index contributed by atoms with van der Waals surface area (Å²) in [5, 5.41) is 94.5. The van der Waals surface area contributed by atoms with Gasteiger partial charge in [0.25, 0.3) is 0 Å². The first-order valence-electron chi connectivity index (χ1n) is 12.7. The second-order valence-corrected chi connectivity index (χ2v) is 10.0. The average molecular weight is 595 g/mol. The van der Waals surface area contributed by atoms with E-state index >= 15 is 0 Å². The summed E-state index contributed by atoms with van der Waals surface area (Å²) >= 11 is 0. The van der Waals surface area contributed by atoms with Gasteiger partial charge >= 0.3 is 0 Å². The summed E-state index contributed by atoms with van der Waals surface area (Å²) < 4.78 is 27.3. The Kier molecular flexibility index (Phi) is 7.95. The van der Waals surface area contributed by atoms with Crippen LogP contribution in [0, 0.1) is 0 Å². The Morgan fingerprint density at radius 3 is 1.86 bits per heavy atom.